The fraction of sp³-hybridized carbons (Fsp3) is 0.431. The molecule has 6 atom stereocenters. The molecule has 2 unspecified atom stereocenters. The predicted octanol–water partition coefficient (Wildman–Crippen LogP) is 6.72. The number of carbonyl (C=O) groups excluding carboxylic acids is 3. The molecule has 2 aliphatic carbocycles. The van der Waals surface area contributed by atoms with E-state index in [0.29, 0.717) is 100 Å². The maximum absolute atomic E-state index is 13.4. The monoisotopic (exact) mass is 1260 g/mol. The first-order valence-electron chi connectivity index (χ1n) is 25.3. The van der Waals surface area contributed by atoms with Crippen molar-refractivity contribution in [2.45, 2.75) is 55.8 Å². The summed E-state index contributed by atoms with van der Waals surface area (Å²) in [5.74, 6) is 2.98. The Bertz CT molecular complexity index is 3590. The number of anilines is 4. The van der Waals surface area contributed by atoms with Crippen molar-refractivity contribution in [1.82, 2.24) is 57.2 Å². The number of nitrogens with zero attached hydrogens (tertiary/aromatic N) is 15. The largest absolute Gasteiger partial charge is 1.00 e. The van der Waals surface area contributed by atoms with Gasteiger partial charge < -0.3 is 46.0 Å². The van der Waals surface area contributed by atoms with Crippen LogP contribution in [0.4, 0.5) is 42.6 Å². The van der Waals surface area contributed by atoms with Crippen LogP contribution in [0.1, 0.15) is 77.3 Å². The summed E-state index contributed by atoms with van der Waals surface area (Å²) >= 11 is 2.41. The minimum atomic E-state index is -3.85. The molecule has 0 bridgehead atoms. The second kappa shape index (κ2) is 28.3. The van der Waals surface area contributed by atoms with Crippen molar-refractivity contribution in [3.8, 4) is 0 Å². The van der Waals surface area contributed by atoms with Gasteiger partial charge in [0, 0.05) is 150 Å². The molecule has 30 heteroatoms. The van der Waals surface area contributed by atoms with E-state index in [-0.39, 0.29) is 172 Å². The first kappa shape index (κ1) is 64.0. The van der Waals surface area contributed by atoms with Crippen LogP contribution in [0.2, 0.25) is 0 Å². The van der Waals surface area contributed by atoms with E-state index in [1.807, 2.05) is 67.1 Å². The zero-order chi connectivity index (χ0) is 56.1. The minimum Gasteiger partial charge on any atom is -1.00 e. The molecule has 0 spiro atoms. The number of aromatic nitrogens is 8. The van der Waals surface area contributed by atoms with Gasteiger partial charge in [-0.25, -0.2) is 46.6 Å². The first-order chi connectivity index (χ1) is 38.0. The van der Waals surface area contributed by atoms with E-state index in [1.165, 1.54) is 39.4 Å². The number of pyridine rings is 2. The Morgan fingerprint density at radius 1 is 0.765 bits per heavy atom. The number of amides is 4. The van der Waals surface area contributed by atoms with Crippen molar-refractivity contribution in [2.75, 3.05) is 88.9 Å². The van der Waals surface area contributed by atoms with E-state index >= 15 is 0 Å². The van der Waals surface area contributed by atoms with Gasteiger partial charge in [0.25, 0.3) is 16.5 Å². The van der Waals surface area contributed by atoms with E-state index in [2.05, 4.69) is 75.7 Å². The van der Waals surface area contributed by atoms with E-state index < -0.39 is 10.0 Å². The SMILES string of the molecule is O=CO[O-].[C-]#[N+]c1cnc2[nH]ccc2c1N(C)C1C[C@@H]2CN(C(=O)Nc3nc(CN(C)C)ns3)C[C@@H]2C1.[C-]#[N+]c1cnc2c(ccn2S(=O)(=O)c2ccccc2)c1N(C)C1C[C@@H]2CN(C(=O)Nc3nc(CN(C)C)ns3)C[C@@H]2C1.[H-].[HH].[HH].[HH].[HH].[HH].[HH].[HH].[HH].[HH].[HH].[HH].[HH].[HH].[HH].[HH].[HH].[HH].[HH].[HH].[HH].[HH].[HH].[HH].[HH].[HH].[HH].[HH].[K+].[K+]. The van der Waals surface area contributed by atoms with Gasteiger partial charge in [-0.3, -0.25) is 20.4 Å². The van der Waals surface area contributed by atoms with Crippen molar-refractivity contribution in [3.05, 3.63) is 102 Å². The minimum absolute atomic E-state index is 0. The fourth-order valence-corrected chi connectivity index (χ4v) is 13.8. The third kappa shape index (κ3) is 14.5. The Morgan fingerprint density at radius 2 is 1.22 bits per heavy atom. The van der Waals surface area contributed by atoms with Crippen LogP contribution >= 0.6 is 23.1 Å². The fourth-order valence-electron chi connectivity index (χ4n) is 11.3. The number of likely N-dealkylation sites (tertiary alicyclic amines) is 2. The van der Waals surface area contributed by atoms with E-state index in [4.69, 9.17) is 23.2 Å². The summed E-state index contributed by atoms with van der Waals surface area (Å²) in [5, 5.41) is 16.9. The molecule has 3 N–H and O–H groups in total. The predicted molar refractivity (Wildman–Crippen MR) is 355 cm³/mol. The number of nitrogens with one attached hydrogen (secondary N) is 3. The van der Waals surface area contributed by atoms with Crippen LogP contribution in [0, 0.1) is 36.8 Å². The van der Waals surface area contributed by atoms with Gasteiger partial charge in [0.15, 0.2) is 17.3 Å². The van der Waals surface area contributed by atoms with Gasteiger partial charge in [0.1, 0.15) is 5.65 Å². The second-order valence-electron chi connectivity index (χ2n) is 20.5. The van der Waals surface area contributed by atoms with Gasteiger partial charge in [-0.2, -0.15) is 8.75 Å². The van der Waals surface area contributed by atoms with Crippen molar-refractivity contribution < 1.29 is 176 Å². The molecule has 2 saturated carbocycles. The number of fused-ring (bicyclic) bond motifs is 4. The molecule has 2 aliphatic heterocycles. The van der Waals surface area contributed by atoms with E-state index in [1.54, 1.807) is 42.6 Å². The number of rotatable bonds is 13. The molecular weight excluding hydrogens is 1150 g/mol. The Kier molecular flexibility index (Phi) is 22.4. The molecule has 8 heterocycles. The van der Waals surface area contributed by atoms with Gasteiger partial charge in [0.2, 0.25) is 21.6 Å². The zero-order valence-electron chi connectivity index (χ0n) is 47.3. The molecule has 7 aromatic rings. The maximum atomic E-state index is 13.4. The van der Waals surface area contributed by atoms with Gasteiger partial charge in [-0.05, 0) is 102 Å². The van der Waals surface area contributed by atoms with Crippen LogP contribution in [-0.4, -0.2) is 165 Å². The molecule has 2 saturated heterocycles. The standard InChI is InChI=1S/C28H31N9O3S2.C22H27N9OS.CH2O3.2K.27H2.H/c1-29-23-14-30-26-22(10-11-37(26)42(39,40)21-8-6-5-7-9-21)25(23)35(4)20-12-18-15-36(16-19(18)13-20)28(38)32-27-31-24(33-41-27)17-34(2)3;1-23-17-9-25-20-16(5-6-24-20)19(17)30(4)15-7-13-10-31(11-14(13)8-15)22(32)27-21-26-18(28-33-21)12-29(2)3;2-1-4-3;;;;;;;;;;;;;;;;;;;;;;;;;;;;;;/h5-11,14,18-20H,12-13,15-17H2,2-4H3,(H,31,32,33,38);5-6,9,13-15H,7-8,10-12H2,2-4H3,(H,24,25)(H,26,27,28,32);1,3H;;;27*1H;/q;;;2*+1;;;;;;;;;;;;;;;;;;;;;;;;;;;;-1/p-1/t18-,19+,20?;13-,14+,15?;;;;;;;;;;;;;;;;;;;;;;;;;;;;;;;. The average molecular weight is 1270 g/mol. The third-order valence-corrected chi connectivity index (χ3v) is 17.9. The smallest absolute Gasteiger partial charge is 1.00 e. The van der Waals surface area contributed by atoms with Crippen molar-refractivity contribution in [1.29, 1.82) is 0 Å². The van der Waals surface area contributed by atoms with Crippen molar-refractivity contribution in [2.24, 2.45) is 23.7 Å². The second-order valence-corrected chi connectivity index (χ2v) is 23.8. The van der Waals surface area contributed by atoms with Gasteiger partial charge in [0.05, 0.1) is 42.5 Å². The van der Waals surface area contributed by atoms with Crippen molar-refractivity contribution >= 4 is 107 Å². The maximum Gasteiger partial charge on any atom is 1.00 e. The summed E-state index contributed by atoms with van der Waals surface area (Å²) < 4.78 is 36.6. The quantitative estimate of drug-likeness (QED) is 0.0356. The number of urea groups is 2. The molecule has 11 rings (SSSR count). The van der Waals surface area contributed by atoms with Crippen molar-refractivity contribution in [3.63, 3.8) is 0 Å². The number of hydrogen-bond acceptors (Lipinski definition) is 19. The molecule has 1 aromatic carbocycles. The molecular formula is C51H114K2N18O7S3. The molecule has 470 valence electrons. The number of H-pyrrole nitrogens is 1. The van der Waals surface area contributed by atoms with Crippen LogP contribution in [0.3, 0.4) is 0 Å². The summed E-state index contributed by atoms with van der Waals surface area (Å²) in [6.45, 7) is 19.3. The Hall–Kier alpha value is -4.59. The Morgan fingerprint density at radius 3 is 1.67 bits per heavy atom. The number of carbonyl (C=O) groups is 3. The van der Waals surface area contributed by atoms with Crippen LogP contribution < -0.4 is 128 Å². The molecule has 4 aliphatic rings. The average Bonchev–Trinajstić information content (AvgIpc) is 1.65. The molecule has 4 fully saturated rings. The molecule has 25 nitrogen and oxygen atoms in total. The summed E-state index contributed by atoms with van der Waals surface area (Å²) in [5.41, 5.74) is 3.68. The van der Waals surface area contributed by atoms with E-state index in [9.17, 15) is 18.0 Å². The molecule has 4 amide bonds. The number of aromatic amines is 1. The summed E-state index contributed by atoms with van der Waals surface area (Å²) in [4.78, 5) is 77.4. The Balaban J connectivity index is -0.0000000529. The van der Waals surface area contributed by atoms with Crippen LogP contribution in [0.15, 0.2) is 72.1 Å². The number of benzene rings is 1. The summed E-state index contributed by atoms with van der Waals surface area (Å²) in [6.07, 6.45) is 10.2. The molecule has 81 heavy (non-hydrogen) atoms. The number of hydrogen-bond donors (Lipinski definition) is 3. The topological polar surface area (TPSA) is 268 Å². The third-order valence-electron chi connectivity index (χ3n) is 14.9. The van der Waals surface area contributed by atoms with Crippen LogP contribution in [0.5, 0.6) is 0 Å². The Labute approximate surface area is 604 Å². The summed E-state index contributed by atoms with van der Waals surface area (Å²) in [6, 6.07) is 12.2. The van der Waals surface area contributed by atoms with Gasteiger partial charge in [-0.15, -0.1) is 0 Å². The van der Waals surface area contributed by atoms with E-state index in [0.717, 1.165) is 61.3 Å². The first-order valence-corrected chi connectivity index (χ1v) is 28.2. The van der Waals surface area contributed by atoms with Crippen LogP contribution in [-0.2, 0) is 32.8 Å². The molecule has 0 radical (unpaired) electrons. The summed E-state index contributed by atoms with van der Waals surface area (Å²) in [7, 11) is 8.00. The normalized spacial score (nSPS) is 19.7. The molecule has 6 aromatic heterocycles. The van der Waals surface area contributed by atoms with Gasteiger partial charge in [-0.1, -0.05) is 18.2 Å². The zero-order valence-corrected chi connectivity index (χ0v) is 54.9. The van der Waals surface area contributed by atoms with Crippen LogP contribution in [0.25, 0.3) is 31.8 Å². The van der Waals surface area contributed by atoms with Gasteiger partial charge >= 0.3 is 115 Å².